The van der Waals surface area contributed by atoms with Gasteiger partial charge in [-0.25, -0.2) is 4.98 Å². The summed E-state index contributed by atoms with van der Waals surface area (Å²) in [5.74, 6) is 1.17. The quantitative estimate of drug-likeness (QED) is 0.266. The van der Waals surface area contributed by atoms with Crippen LogP contribution in [0.1, 0.15) is 78.3 Å². The topological polar surface area (TPSA) is 65.2 Å². The monoisotopic (exact) mass is 557 g/mol. The molecule has 6 heteroatoms. The number of hydrogen-bond acceptors (Lipinski definition) is 4. The second-order valence-corrected chi connectivity index (χ2v) is 12.6. The Labute approximate surface area is 248 Å². The van der Waals surface area contributed by atoms with Crippen molar-refractivity contribution >= 4 is 16.9 Å². The van der Waals surface area contributed by atoms with Crippen molar-refractivity contribution in [1.82, 2.24) is 19.4 Å². The van der Waals surface area contributed by atoms with Crippen LogP contribution in [0.15, 0.2) is 78.9 Å². The highest BCUT2D eigenvalue weighted by atomic mass is 16.2. The van der Waals surface area contributed by atoms with E-state index in [0.717, 1.165) is 50.2 Å². The maximum atomic E-state index is 13.4. The van der Waals surface area contributed by atoms with Crippen molar-refractivity contribution in [3.63, 3.8) is 0 Å². The van der Waals surface area contributed by atoms with Crippen molar-refractivity contribution in [1.29, 1.82) is 5.26 Å². The molecule has 0 saturated carbocycles. The lowest BCUT2D eigenvalue weighted by atomic mass is 9.70. The number of para-hydroxylation sites is 2. The van der Waals surface area contributed by atoms with E-state index in [-0.39, 0.29) is 11.3 Å². The van der Waals surface area contributed by atoms with E-state index >= 15 is 0 Å². The maximum Gasteiger partial charge on any atom is 0.253 e. The Kier molecular flexibility index (Phi) is 7.07. The number of hydrogen-bond donors (Lipinski definition) is 0. The van der Waals surface area contributed by atoms with Crippen molar-refractivity contribution in [2.75, 3.05) is 19.6 Å². The molecule has 1 amide bonds. The van der Waals surface area contributed by atoms with E-state index in [4.69, 9.17) is 4.98 Å². The smallest absolute Gasteiger partial charge is 0.253 e. The highest BCUT2D eigenvalue weighted by Crippen LogP contribution is 2.45. The van der Waals surface area contributed by atoms with Crippen LogP contribution in [-0.2, 0) is 5.41 Å². The number of rotatable bonds is 6. The SMILES string of the molecule is Cc1nc2ccccc2n1C1CC2CCC(C1)N2CCC1(c2ccccc2)CCN(C(=O)c2cccc(C#N)c2)CC1. The Morgan fingerprint density at radius 3 is 2.38 bits per heavy atom. The van der Waals surface area contributed by atoms with Gasteiger partial charge in [-0.1, -0.05) is 48.5 Å². The first kappa shape index (κ1) is 26.9. The highest BCUT2D eigenvalue weighted by Gasteiger charge is 2.44. The predicted molar refractivity (Wildman–Crippen MR) is 165 cm³/mol. The van der Waals surface area contributed by atoms with Gasteiger partial charge in [-0.3, -0.25) is 9.69 Å². The Morgan fingerprint density at radius 2 is 1.64 bits per heavy atom. The van der Waals surface area contributed by atoms with Crippen LogP contribution in [0.3, 0.4) is 0 Å². The molecule has 6 nitrogen and oxygen atoms in total. The summed E-state index contributed by atoms with van der Waals surface area (Å²) in [5, 5.41) is 9.29. The first-order valence-corrected chi connectivity index (χ1v) is 15.6. The molecule has 0 spiro atoms. The Balaban J connectivity index is 1.06. The van der Waals surface area contributed by atoms with Crippen molar-refractivity contribution in [2.24, 2.45) is 0 Å². The van der Waals surface area contributed by atoms with Gasteiger partial charge >= 0.3 is 0 Å². The highest BCUT2D eigenvalue weighted by molar-refractivity contribution is 5.94. The number of nitrogens with zero attached hydrogens (tertiary/aromatic N) is 5. The number of likely N-dealkylation sites (tertiary alicyclic amines) is 1. The number of aryl methyl sites for hydroxylation is 1. The van der Waals surface area contributed by atoms with E-state index < -0.39 is 0 Å². The fourth-order valence-electron chi connectivity index (χ4n) is 8.31. The van der Waals surface area contributed by atoms with E-state index in [1.807, 2.05) is 11.0 Å². The first-order chi connectivity index (χ1) is 20.5. The van der Waals surface area contributed by atoms with Gasteiger partial charge in [-0.05, 0) is 99.7 Å². The molecule has 4 aromatic rings. The third kappa shape index (κ3) is 4.80. The summed E-state index contributed by atoms with van der Waals surface area (Å²) in [4.78, 5) is 23.0. The Hall–Kier alpha value is -3.95. The molecule has 42 heavy (non-hydrogen) atoms. The van der Waals surface area contributed by atoms with Crippen LogP contribution in [0.2, 0.25) is 0 Å². The molecule has 7 rings (SSSR count). The molecule has 2 unspecified atom stereocenters. The molecule has 0 aliphatic carbocycles. The van der Waals surface area contributed by atoms with Crippen LogP contribution in [-0.4, -0.2) is 57.0 Å². The van der Waals surface area contributed by atoms with Crippen molar-refractivity contribution < 1.29 is 4.79 Å². The third-order valence-corrected chi connectivity index (χ3v) is 10.5. The number of piperidine rings is 2. The van der Waals surface area contributed by atoms with Gasteiger partial charge < -0.3 is 9.47 Å². The number of fused-ring (bicyclic) bond motifs is 3. The van der Waals surface area contributed by atoms with Crippen LogP contribution < -0.4 is 0 Å². The zero-order valence-electron chi connectivity index (χ0n) is 24.5. The van der Waals surface area contributed by atoms with Crippen LogP contribution in [0.5, 0.6) is 0 Å². The van der Waals surface area contributed by atoms with Crippen molar-refractivity contribution in [3.05, 3.63) is 101 Å². The zero-order chi connectivity index (χ0) is 28.7. The van der Waals surface area contributed by atoms with E-state index in [2.05, 4.69) is 77.1 Å². The molecule has 4 heterocycles. The average molecular weight is 558 g/mol. The molecular weight excluding hydrogens is 518 g/mol. The molecule has 3 aromatic carbocycles. The molecule has 1 aromatic heterocycles. The third-order valence-electron chi connectivity index (χ3n) is 10.5. The van der Waals surface area contributed by atoms with E-state index in [1.165, 1.54) is 36.8 Å². The summed E-state index contributed by atoms with van der Waals surface area (Å²) in [6.07, 6.45) is 8.01. The number of benzene rings is 3. The average Bonchev–Trinajstić information content (AvgIpc) is 3.50. The number of nitriles is 1. The van der Waals surface area contributed by atoms with Crippen LogP contribution in [0.4, 0.5) is 0 Å². The van der Waals surface area contributed by atoms with Gasteiger partial charge in [0.25, 0.3) is 5.91 Å². The predicted octanol–water partition coefficient (Wildman–Crippen LogP) is 6.65. The van der Waals surface area contributed by atoms with Gasteiger partial charge in [-0.2, -0.15) is 5.26 Å². The van der Waals surface area contributed by atoms with Gasteiger partial charge in [-0.15, -0.1) is 0 Å². The molecule has 2 atom stereocenters. The summed E-state index contributed by atoms with van der Waals surface area (Å²) >= 11 is 0. The van der Waals surface area contributed by atoms with Crippen molar-refractivity contribution in [2.45, 2.75) is 75.4 Å². The molecule has 214 valence electrons. The first-order valence-electron chi connectivity index (χ1n) is 15.6. The number of aromatic nitrogens is 2. The number of carbonyl (C=O) groups excluding carboxylic acids is 1. The molecule has 2 bridgehead atoms. The minimum absolute atomic E-state index is 0.0381. The fraction of sp³-hybridized carbons (Fsp3) is 0.417. The molecule has 3 fully saturated rings. The lowest BCUT2D eigenvalue weighted by molar-refractivity contribution is 0.0607. The van der Waals surface area contributed by atoms with Gasteiger partial charge in [0, 0.05) is 36.8 Å². The summed E-state index contributed by atoms with van der Waals surface area (Å²) in [6.45, 7) is 4.76. The van der Waals surface area contributed by atoms with Crippen molar-refractivity contribution in [3.8, 4) is 6.07 Å². The second-order valence-electron chi connectivity index (χ2n) is 12.6. The molecule has 0 N–H and O–H groups in total. The van der Waals surface area contributed by atoms with E-state index in [9.17, 15) is 10.1 Å². The van der Waals surface area contributed by atoms with Gasteiger partial charge in [0.15, 0.2) is 0 Å². The minimum atomic E-state index is 0.0381. The molecule has 0 radical (unpaired) electrons. The maximum absolute atomic E-state index is 13.4. The number of imidazole rings is 1. The van der Waals surface area contributed by atoms with Gasteiger partial charge in [0.2, 0.25) is 0 Å². The number of carbonyl (C=O) groups is 1. The van der Waals surface area contributed by atoms with E-state index in [0.29, 0.717) is 29.3 Å². The molecular formula is C36H39N5O. The van der Waals surface area contributed by atoms with Crippen LogP contribution in [0.25, 0.3) is 11.0 Å². The lowest BCUT2D eigenvalue weighted by Crippen LogP contribution is -2.49. The molecule has 3 aliphatic heterocycles. The van der Waals surface area contributed by atoms with Gasteiger partial charge in [0.1, 0.15) is 5.82 Å². The second kappa shape index (κ2) is 11.0. The minimum Gasteiger partial charge on any atom is -0.339 e. The lowest BCUT2D eigenvalue weighted by Gasteiger charge is -2.45. The Bertz CT molecular complexity index is 1610. The van der Waals surface area contributed by atoms with Crippen LogP contribution in [0, 0.1) is 18.3 Å². The summed E-state index contributed by atoms with van der Waals surface area (Å²) < 4.78 is 2.52. The molecule has 3 saturated heterocycles. The van der Waals surface area contributed by atoms with Gasteiger partial charge in [0.05, 0.1) is 22.7 Å². The summed E-state index contributed by atoms with van der Waals surface area (Å²) in [6, 6.07) is 30.6. The summed E-state index contributed by atoms with van der Waals surface area (Å²) in [5.41, 5.74) is 5.01. The van der Waals surface area contributed by atoms with Crippen LogP contribution >= 0.6 is 0 Å². The normalized spacial score (nSPS) is 23.6. The van der Waals surface area contributed by atoms with E-state index in [1.54, 1.807) is 18.2 Å². The number of amides is 1. The Morgan fingerprint density at radius 1 is 0.929 bits per heavy atom. The largest absolute Gasteiger partial charge is 0.339 e. The summed E-state index contributed by atoms with van der Waals surface area (Å²) in [7, 11) is 0. The fourth-order valence-corrected chi connectivity index (χ4v) is 8.31. The standard InChI is InChI=1S/C36H39N5O/c1-26-38-33-12-5-6-13-34(33)41(26)32-23-30-14-15-31(24-32)40(30)21-18-36(29-10-3-2-4-11-29)16-19-39(20-17-36)35(42)28-9-7-8-27(22-28)25-37/h2-13,22,30-32H,14-21,23-24H2,1H3. The zero-order valence-corrected chi connectivity index (χ0v) is 24.5. The molecule has 3 aliphatic rings.